The minimum Gasteiger partial charge on any atom is -0.382 e. The van der Waals surface area contributed by atoms with Crippen LogP contribution in [0.1, 0.15) is 16.1 Å². The first-order chi connectivity index (χ1) is 11.4. The van der Waals surface area contributed by atoms with E-state index in [0.29, 0.717) is 11.1 Å². The van der Waals surface area contributed by atoms with Crippen LogP contribution in [0.25, 0.3) is 10.9 Å². The van der Waals surface area contributed by atoms with Crippen molar-refractivity contribution in [1.82, 2.24) is 10.4 Å². The Hall–Kier alpha value is -2.93. The average molecular weight is 349 g/mol. The Bertz CT molecular complexity index is 968. The molecule has 0 spiro atoms. The lowest BCUT2D eigenvalue weighted by molar-refractivity contribution is 0.0950. The van der Waals surface area contributed by atoms with Crippen LogP contribution in [0.2, 0.25) is 5.02 Å². The molecule has 0 aliphatic carbocycles. The summed E-state index contributed by atoms with van der Waals surface area (Å²) in [5, 5.41) is 4.94. The van der Waals surface area contributed by atoms with Crippen molar-refractivity contribution in [2.75, 3.05) is 0 Å². The monoisotopic (exact) mass is 348 g/mol. The zero-order valence-corrected chi connectivity index (χ0v) is 12.9. The normalized spacial score (nSPS) is 11.7. The number of carbonyl (C=O) groups is 1. The molecule has 3 aromatic rings. The maximum Gasteiger partial charge on any atom is 0.287 e. The molecule has 1 aromatic heterocycles. The number of aromatic amines is 1. The van der Waals surface area contributed by atoms with Gasteiger partial charge in [-0.1, -0.05) is 11.6 Å². The van der Waals surface area contributed by atoms with Crippen LogP contribution >= 0.6 is 11.6 Å². The number of H-pyrrole nitrogens is 1. The van der Waals surface area contributed by atoms with Crippen LogP contribution in [0.4, 0.5) is 8.78 Å². The number of halogens is 3. The van der Waals surface area contributed by atoms with E-state index in [0.717, 1.165) is 23.0 Å². The summed E-state index contributed by atoms with van der Waals surface area (Å²) in [5.74, 6) is -2.44. The number of hydrogen-bond acceptors (Lipinski definition) is 2. The highest BCUT2D eigenvalue weighted by atomic mass is 35.5. The van der Waals surface area contributed by atoms with Gasteiger partial charge in [0.1, 0.15) is 17.3 Å². The van der Waals surface area contributed by atoms with Gasteiger partial charge in [-0.2, -0.15) is 5.10 Å². The van der Waals surface area contributed by atoms with Gasteiger partial charge in [0, 0.05) is 22.0 Å². The van der Waals surface area contributed by atoms with Crippen LogP contribution in [0.5, 0.6) is 0 Å². The van der Waals surface area contributed by atoms with Gasteiger partial charge in [0.15, 0.2) is 5.84 Å². The number of aromatic nitrogens is 1. The first kappa shape index (κ1) is 15.9. The molecule has 122 valence electrons. The van der Waals surface area contributed by atoms with Gasteiger partial charge < -0.3 is 10.7 Å². The van der Waals surface area contributed by atoms with Crippen LogP contribution in [0, 0.1) is 11.6 Å². The van der Waals surface area contributed by atoms with E-state index >= 15 is 0 Å². The molecule has 1 amide bonds. The molecule has 0 atom stereocenters. The van der Waals surface area contributed by atoms with Crippen LogP contribution in [0.15, 0.2) is 47.6 Å². The summed E-state index contributed by atoms with van der Waals surface area (Å²) >= 11 is 5.89. The number of hydrogen-bond donors (Lipinski definition) is 3. The molecule has 3 rings (SSSR count). The first-order valence-electron chi connectivity index (χ1n) is 6.81. The van der Waals surface area contributed by atoms with E-state index in [2.05, 4.69) is 15.5 Å². The van der Waals surface area contributed by atoms with Crippen molar-refractivity contribution in [2.24, 2.45) is 10.8 Å². The molecular formula is C16H11ClF2N4O. The third kappa shape index (κ3) is 3.21. The molecule has 1 heterocycles. The molecule has 24 heavy (non-hydrogen) atoms. The molecule has 0 unspecified atom stereocenters. The third-order valence-corrected chi connectivity index (χ3v) is 3.55. The standard InChI is InChI=1S/C16H11ClF2N4O/c17-9-1-4-13-8(5-9)6-14(21-13)16(24)23-22-15(20)11-3-2-10(18)7-12(11)19/h1-7,21H,(H2,20,22)(H,23,24). The van der Waals surface area contributed by atoms with Crippen LogP contribution < -0.4 is 11.2 Å². The topological polar surface area (TPSA) is 83.3 Å². The minimum absolute atomic E-state index is 0.111. The fraction of sp³-hybridized carbons (Fsp3) is 0. The van der Waals surface area contributed by atoms with Crippen molar-refractivity contribution in [3.63, 3.8) is 0 Å². The predicted octanol–water partition coefficient (Wildman–Crippen LogP) is 3.15. The van der Waals surface area contributed by atoms with E-state index in [-0.39, 0.29) is 17.1 Å². The molecule has 0 aliphatic rings. The van der Waals surface area contributed by atoms with Crippen molar-refractivity contribution >= 4 is 34.2 Å². The molecule has 8 heteroatoms. The van der Waals surface area contributed by atoms with Gasteiger partial charge in [-0.25, -0.2) is 14.2 Å². The van der Waals surface area contributed by atoms with E-state index in [4.69, 9.17) is 17.3 Å². The highest BCUT2D eigenvalue weighted by molar-refractivity contribution is 6.31. The van der Waals surface area contributed by atoms with Gasteiger partial charge in [0.25, 0.3) is 5.91 Å². The number of amides is 1. The smallest absolute Gasteiger partial charge is 0.287 e. The molecule has 2 aromatic carbocycles. The number of rotatable bonds is 3. The molecule has 0 bridgehead atoms. The summed E-state index contributed by atoms with van der Waals surface area (Å²) in [6, 6.07) is 9.59. The molecule has 5 nitrogen and oxygen atoms in total. The first-order valence-corrected chi connectivity index (χ1v) is 7.19. The molecular weight excluding hydrogens is 338 g/mol. The van der Waals surface area contributed by atoms with Crippen LogP contribution in [0.3, 0.4) is 0 Å². The number of amidine groups is 1. The summed E-state index contributed by atoms with van der Waals surface area (Å²) in [5.41, 5.74) is 8.68. The Labute approximate surface area is 140 Å². The largest absolute Gasteiger partial charge is 0.382 e. The Morgan fingerprint density at radius 3 is 2.71 bits per heavy atom. The van der Waals surface area contributed by atoms with Crippen molar-refractivity contribution in [3.05, 3.63) is 70.4 Å². The Morgan fingerprint density at radius 2 is 1.96 bits per heavy atom. The van der Waals surface area contributed by atoms with E-state index < -0.39 is 17.5 Å². The average Bonchev–Trinajstić information content (AvgIpc) is 2.95. The third-order valence-electron chi connectivity index (χ3n) is 3.31. The zero-order chi connectivity index (χ0) is 17.3. The molecule has 0 fully saturated rings. The van der Waals surface area contributed by atoms with Gasteiger partial charge in [-0.3, -0.25) is 4.79 Å². The van der Waals surface area contributed by atoms with Crippen LogP contribution in [-0.4, -0.2) is 16.7 Å². The van der Waals surface area contributed by atoms with Crippen molar-refractivity contribution in [1.29, 1.82) is 0 Å². The number of nitrogens with one attached hydrogen (secondary N) is 2. The predicted molar refractivity (Wildman–Crippen MR) is 87.9 cm³/mol. The van der Waals surface area contributed by atoms with Crippen molar-refractivity contribution < 1.29 is 13.6 Å². The van der Waals surface area contributed by atoms with Crippen molar-refractivity contribution in [3.8, 4) is 0 Å². The maximum atomic E-state index is 13.6. The highest BCUT2D eigenvalue weighted by Gasteiger charge is 2.11. The van der Waals surface area contributed by atoms with E-state index in [9.17, 15) is 13.6 Å². The SMILES string of the molecule is N/C(=N\NC(=O)c1cc2cc(Cl)ccc2[nH]1)c1ccc(F)cc1F. The van der Waals surface area contributed by atoms with E-state index in [1.807, 2.05) is 0 Å². The van der Waals surface area contributed by atoms with Gasteiger partial charge >= 0.3 is 0 Å². The fourth-order valence-electron chi connectivity index (χ4n) is 2.15. The minimum atomic E-state index is -0.870. The lowest BCUT2D eigenvalue weighted by atomic mass is 10.2. The Morgan fingerprint density at radius 1 is 1.17 bits per heavy atom. The lowest BCUT2D eigenvalue weighted by Gasteiger charge is -2.03. The molecule has 0 saturated heterocycles. The summed E-state index contributed by atoms with van der Waals surface area (Å²) in [6.07, 6.45) is 0. The highest BCUT2D eigenvalue weighted by Crippen LogP contribution is 2.20. The lowest BCUT2D eigenvalue weighted by Crippen LogP contribution is -2.24. The van der Waals surface area contributed by atoms with Gasteiger partial charge in [0.05, 0.1) is 5.56 Å². The second kappa shape index (κ2) is 6.29. The fourth-order valence-corrected chi connectivity index (χ4v) is 2.34. The second-order valence-electron chi connectivity index (χ2n) is 4.98. The quantitative estimate of drug-likeness (QED) is 0.386. The van der Waals surface area contributed by atoms with Gasteiger partial charge in [-0.15, -0.1) is 0 Å². The summed E-state index contributed by atoms with van der Waals surface area (Å²) in [4.78, 5) is 15.0. The number of nitrogens with zero attached hydrogens (tertiary/aromatic N) is 1. The molecule has 0 saturated carbocycles. The van der Waals surface area contributed by atoms with E-state index in [1.54, 1.807) is 24.3 Å². The summed E-state index contributed by atoms with van der Waals surface area (Å²) < 4.78 is 26.5. The Kier molecular flexibility index (Phi) is 4.18. The van der Waals surface area contributed by atoms with Crippen molar-refractivity contribution in [2.45, 2.75) is 0 Å². The molecule has 4 N–H and O–H groups in total. The summed E-state index contributed by atoms with van der Waals surface area (Å²) in [6.45, 7) is 0. The second-order valence-corrected chi connectivity index (χ2v) is 5.41. The number of nitrogens with two attached hydrogens (primary N) is 1. The van der Waals surface area contributed by atoms with Gasteiger partial charge in [-0.05, 0) is 36.4 Å². The maximum absolute atomic E-state index is 13.6. The van der Waals surface area contributed by atoms with Gasteiger partial charge in [0.2, 0.25) is 0 Å². The number of hydrazone groups is 1. The van der Waals surface area contributed by atoms with E-state index in [1.165, 1.54) is 0 Å². The molecule has 0 aliphatic heterocycles. The van der Waals surface area contributed by atoms with Crippen LogP contribution in [-0.2, 0) is 0 Å². The molecule has 0 radical (unpaired) electrons. The summed E-state index contributed by atoms with van der Waals surface area (Å²) in [7, 11) is 0. The number of benzene rings is 2. The zero-order valence-electron chi connectivity index (χ0n) is 12.1. The number of carbonyl (C=O) groups excluding carboxylic acids is 1. The number of fused-ring (bicyclic) bond motifs is 1. The Balaban J connectivity index is 1.80.